The molecule has 21 heavy (non-hydrogen) atoms. The molecule has 7 nitrogen and oxygen atoms in total. The Morgan fingerprint density at radius 3 is 2.81 bits per heavy atom. The van der Waals surface area contributed by atoms with Crippen molar-refractivity contribution in [3.63, 3.8) is 0 Å². The van der Waals surface area contributed by atoms with Crippen LogP contribution >= 0.6 is 15.9 Å². The first-order valence-corrected chi connectivity index (χ1v) is 7.06. The number of aromatic nitrogens is 3. The van der Waals surface area contributed by atoms with Crippen LogP contribution in [0.1, 0.15) is 40.1 Å². The van der Waals surface area contributed by atoms with Crippen molar-refractivity contribution in [3.05, 3.63) is 39.9 Å². The summed E-state index contributed by atoms with van der Waals surface area (Å²) >= 11 is 3.22. The van der Waals surface area contributed by atoms with Crippen molar-refractivity contribution in [3.8, 4) is 0 Å². The third-order valence-corrected chi connectivity index (χ3v) is 3.34. The number of aryl methyl sites for hydroxylation is 1. The highest BCUT2D eigenvalue weighted by Gasteiger charge is 2.14. The maximum atomic E-state index is 12.0. The summed E-state index contributed by atoms with van der Waals surface area (Å²) in [5.74, 6) is -0.792. The summed E-state index contributed by atoms with van der Waals surface area (Å²) in [6.07, 6.45) is 1.62. The summed E-state index contributed by atoms with van der Waals surface area (Å²) in [5.41, 5.74) is 0.579. The fourth-order valence-electron chi connectivity index (χ4n) is 1.67. The third kappa shape index (κ3) is 3.66. The zero-order valence-corrected chi connectivity index (χ0v) is 12.8. The molecule has 1 aromatic carbocycles. The van der Waals surface area contributed by atoms with Gasteiger partial charge in [0.15, 0.2) is 0 Å². The third-order valence-electron chi connectivity index (χ3n) is 2.69. The van der Waals surface area contributed by atoms with E-state index >= 15 is 0 Å². The number of aromatic carboxylic acids is 1. The van der Waals surface area contributed by atoms with E-state index in [0.717, 1.165) is 12.8 Å². The number of nitrogens with zero attached hydrogens (tertiary/aromatic N) is 2. The summed E-state index contributed by atoms with van der Waals surface area (Å²) in [7, 11) is 0. The number of amides is 1. The van der Waals surface area contributed by atoms with Gasteiger partial charge in [-0.1, -0.05) is 6.92 Å². The summed E-state index contributed by atoms with van der Waals surface area (Å²) < 4.78 is 0.472. The minimum absolute atomic E-state index is 0.0488. The molecule has 0 atom stereocenters. The van der Waals surface area contributed by atoms with E-state index in [9.17, 15) is 9.59 Å². The van der Waals surface area contributed by atoms with Crippen LogP contribution in [0.4, 0.5) is 5.69 Å². The lowest BCUT2D eigenvalue weighted by atomic mass is 10.2. The van der Waals surface area contributed by atoms with Gasteiger partial charge in [-0.25, -0.2) is 9.78 Å². The number of carbonyl (C=O) groups excluding carboxylic acids is 1. The molecule has 0 fully saturated rings. The van der Waals surface area contributed by atoms with Crippen molar-refractivity contribution in [1.82, 2.24) is 15.2 Å². The number of aromatic amines is 1. The Hall–Kier alpha value is -2.22. The predicted octanol–water partition coefficient (Wildman–Crippen LogP) is 2.47. The van der Waals surface area contributed by atoms with Gasteiger partial charge in [0.25, 0.3) is 5.91 Å². The molecule has 0 aliphatic carbocycles. The van der Waals surface area contributed by atoms with Crippen LogP contribution in [-0.4, -0.2) is 32.2 Å². The Bertz CT molecular complexity index is 684. The number of halogens is 1. The van der Waals surface area contributed by atoms with E-state index in [1.54, 1.807) is 0 Å². The van der Waals surface area contributed by atoms with Crippen molar-refractivity contribution in [2.75, 3.05) is 5.32 Å². The van der Waals surface area contributed by atoms with Crippen LogP contribution in [0.3, 0.4) is 0 Å². The molecule has 1 heterocycles. The highest BCUT2D eigenvalue weighted by Crippen LogP contribution is 2.24. The van der Waals surface area contributed by atoms with Crippen molar-refractivity contribution in [1.29, 1.82) is 0 Å². The molecule has 1 aromatic heterocycles. The lowest BCUT2D eigenvalue weighted by molar-refractivity contribution is 0.0696. The number of rotatable bonds is 5. The van der Waals surface area contributed by atoms with E-state index < -0.39 is 11.9 Å². The van der Waals surface area contributed by atoms with Gasteiger partial charge in [0, 0.05) is 10.9 Å². The van der Waals surface area contributed by atoms with Gasteiger partial charge in [-0.15, -0.1) is 5.10 Å². The van der Waals surface area contributed by atoms with Crippen molar-refractivity contribution in [2.24, 2.45) is 0 Å². The molecule has 0 radical (unpaired) electrons. The number of carboxylic acids is 1. The topological polar surface area (TPSA) is 108 Å². The molecule has 0 unspecified atom stereocenters. The number of benzene rings is 1. The summed E-state index contributed by atoms with van der Waals surface area (Å²) in [4.78, 5) is 26.9. The molecule has 1 amide bonds. The van der Waals surface area contributed by atoms with Gasteiger partial charge in [-0.05, 0) is 40.5 Å². The molecule has 8 heteroatoms. The average molecular weight is 353 g/mol. The van der Waals surface area contributed by atoms with Gasteiger partial charge in [0.1, 0.15) is 5.82 Å². The van der Waals surface area contributed by atoms with Crippen LogP contribution in [-0.2, 0) is 6.42 Å². The van der Waals surface area contributed by atoms with Crippen LogP contribution in [0.5, 0.6) is 0 Å². The van der Waals surface area contributed by atoms with E-state index in [4.69, 9.17) is 5.11 Å². The smallest absolute Gasteiger partial charge is 0.335 e. The van der Waals surface area contributed by atoms with E-state index in [1.165, 1.54) is 18.2 Å². The highest BCUT2D eigenvalue weighted by atomic mass is 79.9. The van der Waals surface area contributed by atoms with Crippen LogP contribution in [0, 0.1) is 0 Å². The Morgan fingerprint density at radius 1 is 1.43 bits per heavy atom. The Kier molecular flexibility index (Phi) is 4.69. The van der Waals surface area contributed by atoms with E-state index in [-0.39, 0.29) is 11.4 Å². The van der Waals surface area contributed by atoms with Gasteiger partial charge in [0.05, 0.1) is 11.3 Å². The van der Waals surface area contributed by atoms with E-state index in [1.807, 2.05) is 6.92 Å². The summed E-state index contributed by atoms with van der Waals surface area (Å²) in [6, 6.07) is 4.33. The fraction of sp³-hybridized carbons (Fsp3) is 0.231. The van der Waals surface area contributed by atoms with Crippen molar-refractivity contribution < 1.29 is 14.7 Å². The first-order valence-electron chi connectivity index (χ1n) is 6.26. The van der Waals surface area contributed by atoms with Crippen LogP contribution in [0.2, 0.25) is 0 Å². The molecule has 2 rings (SSSR count). The molecular weight excluding hydrogens is 340 g/mol. The van der Waals surface area contributed by atoms with Crippen LogP contribution < -0.4 is 5.32 Å². The monoisotopic (exact) mass is 352 g/mol. The van der Waals surface area contributed by atoms with Gasteiger partial charge in [-0.2, -0.15) is 0 Å². The van der Waals surface area contributed by atoms with Gasteiger partial charge >= 0.3 is 5.97 Å². The molecular formula is C13H13BrN4O3. The van der Waals surface area contributed by atoms with Crippen molar-refractivity contribution >= 4 is 33.5 Å². The second kappa shape index (κ2) is 6.49. The lowest BCUT2D eigenvalue weighted by Crippen LogP contribution is -2.14. The normalized spacial score (nSPS) is 10.4. The number of H-pyrrole nitrogens is 1. The number of hydrogen-bond acceptors (Lipinski definition) is 4. The molecule has 0 aliphatic rings. The SMILES string of the molecule is CCCc1nc(C(=O)Nc2ccc(C(=O)O)cc2Br)n[nH]1. The highest BCUT2D eigenvalue weighted by molar-refractivity contribution is 9.10. The summed E-state index contributed by atoms with van der Waals surface area (Å²) in [5, 5.41) is 18.1. The molecule has 0 saturated carbocycles. The Morgan fingerprint density at radius 2 is 2.19 bits per heavy atom. The zero-order chi connectivity index (χ0) is 15.4. The zero-order valence-electron chi connectivity index (χ0n) is 11.2. The molecule has 0 spiro atoms. The van der Waals surface area contributed by atoms with E-state index in [0.29, 0.717) is 16.0 Å². The number of hydrogen-bond donors (Lipinski definition) is 3. The second-order valence-corrected chi connectivity index (χ2v) is 5.16. The van der Waals surface area contributed by atoms with Crippen molar-refractivity contribution in [2.45, 2.75) is 19.8 Å². The maximum absolute atomic E-state index is 12.0. The standard InChI is InChI=1S/C13H13BrN4O3/c1-2-3-10-16-11(18-17-10)12(19)15-9-5-4-7(13(20)21)6-8(9)14/h4-6H,2-3H2,1H3,(H,15,19)(H,20,21)(H,16,17,18). The van der Waals surface area contributed by atoms with Gasteiger partial charge < -0.3 is 10.4 Å². The van der Waals surface area contributed by atoms with E-state index in [2.05, 4.69) is 36.4 Å². The predicted molar refractivity (Wildman–Crippen MR) is 79.4 cm³/mol. The maximum Gasteiger partial charge on any atom is 0.335 e. The second-order valence-electron chi connectivity index (χ2n) is 4.31. The Balaban J connectivity index is 2.13. The van der Waals surface area contributed by atoms with Crippen LogP contribution in [0.15, 0.2) is 22.7 Å². The molecule has 0 aliphatic heterocycles. The Labute approximate surface area is 128 Å². The number of carboxylic acid groups (broad SMARTS) is 1. The average Bonchev–Trinajstić information content (AvgIpc) is 2.90. The quantitative estimate of drug-likeness (QED) is 0.765. The fourth-order valence-corrected chi connectivity index (χ4v) is 2.15. The lowest BCUT2D eigenvalue weighted by Gasteiger charge is -2.06. The summed E-state index contributed by atoms with van der Waals surface area (Å²) in [6.45, 7) is 2.00. The largest absolute Gasteiger partial charge is 0.478 e. The minimum Gasteiger partial charge on any atom is -0.478 e. The first-order chi connectivity index (χ1) is 10.0. The molecule has 0 saturated heterocycles. The molecule has 3 N–H and O–H groups in total. The molecule has 2 aromatic rings. The molecule has 110 valence electrons. The number of carbonyl (C=O) groups is 2. The number of nitrogens with one attached hydrogen (secondary N) is 2. The number of anilines is 1. The minimum atomic E-state index is -1.04. The van der Waals surface area contributed by atoms with Crippen LogP contribution in [0.25, 0.3) is 0 Å². The van der Waals surface area contributed by atoms with Gasteiger partial charge in [0.2, 0.25) is 5.82 Å². The first kappa shape index (κ1) is 15.2. The van der Waals surface area contributed by atoms with Gasteiger partial charge in [-0.3, -0.25) is 9.89 Å². The molecule has 0 bridgehead atoms.